The van der Waals surface area contributed by atoms with Gasteiger partial charge in [-0.25, -0.2) is 8.42 Å². The van der Waals surface area contributed by atoms with Crippen LogP contribution in [0.4, 0.5) is 11.4 Å². The number of rotatable bonds is 13. The molecule has 234 valence electrons. The van der Waals surface area contributed by atoms with Crippen molar-refractivity contribution in [2.24, 2.45) is 0 Å². The van der Waals surface area contributed by atoms with Crippen molar-refractivity contribution in [3.63, 3.8) is 0 Å². The number of hydrogen-bond acceptors (Lipinski definition) is 6. The van der Waals surface area contributed by atoms with Crippen molar-refractivity contribution < 1.29 is 22.9 Å². The second-order valence-electron chi connectivity index (χ2n) is 10.6. The largest absolute Gasteiger partial charge is 0.352 e. The average molecular weight is 694 g/mol. The Labute approximate surface area is 271 Å². The molecule has 0 bridgehead atoms. The molecular weight excluding hydrogens is 660 g/mol. The maximum Gasteiger partial charge on any atom is 0.271 e. The van der Waals surface area contributed by atoms with E-state index in [2.05, 4.69) is 21.2 Å². The third-order valence-corrected chi connectivity index (χ3v) is 9.16. The van der Waals surface area contributed by atoms with E-state index >= 15 is 0 Å². The van der Waals surface area contributed by atoms with Gasteiger partial charge in [-0.05, 0) is 55.3 Å². The number of halogens is 1. The first-order valence-corrected chi connectivity index (χ1v) is 16.4. The minimum Gasteiger partial charge on any atom is -0.352 e. The van der Waals surface area contributed by atoms with Crippen LogP contribution in [0.25, 0.3) is 0 Å². The number of carbonyl (C=O) groups excluding carboxylic acids is 2. The molecule has 4 aromatic carbocycles. The number of hydrogen-bond donors (Lipinski definition) is 1. The van der Waals surface area contributed by atoms with Gasteiger partial charge in [0.1, 0.15) is 12.6 Å². The molecule has 2 amide bonds. The van der Waals surface area contributed by atoms with Gasteiger partial charge in [-0.15, -0.1) is 0 Å². The van der Waals surface area contributed by atoms with Crippen LogP contribution in [-0.2, 0) is 32.6 Å². The van der Waals surface area contributed by atoms with Crippen LogP contribution in [0.1, 0.15) is 25.0 Å². The molecule has 0 radical (unpaired) electrons. The van der Waals surface area contributed by atoms with Crippen molar-refractivity contribution >= 4 is 49.1 Å². The summed E-state index contributed by atoms with van der Waals surface area (Å²) in [5.41, 5.74) is 1.12. The summed E-state index contributed by atoms with van der Waals surface area (Å²) >= 11 is 3.46. The van der Waals surface area contributed by atoms with Gasteiger partial charge in [-0.2, -0.15) is 0 Å². The molecule has 0 heterocycles. The molecule has 12 heteroatoms. The van der Waals surface area contributed by atoms with Crippen LogP contribution in [0.15, 0.2) is 119 Å². The number of carbonyl (C=O) groups is 2. The fourth-order valence-electron chi connectivity index (χ4n) is 4.78. The number of nitro benzene ring substituents is 1. The van der Waals surface area contributed by atoms with Gasteiger partial charge >= 0.3 is 0 Å². The first-order chi connectivity index (χ1) is 21.5. The molecular formula is C33H33BrN4O6S. The summed E-state index contributed by atoms with van der Waals surface area (Å²) in [5, 5.41) is 14.5. The fraction of sp³-hybridized carbons (Fsp3) is 0.212. The topological polar surface area (TPSA) is 130 Å². The number of sulfonamides is 1. The highest BCUT2D eigenvalue weighted by atomic mass is 79.9. The second kappa shape index (κ2) is 15.0. The lowest BCUT2D eigenvalue weighted by atomic mass is 10.0. The summed E-state index contributed by atoms with van der Waals surface area (Å²) < 4.78 is 29.7. The van der Waals surface area contributed by atoms with E-state index in [1.54, 1.807) is 24.3 Å². The molecule has 1 unspecified atom stereocenters. The van der Waals surface area contributed by atoms with E-state index in [0.29, 0.717) is 5.56 Å². The van der Waals surface area contributed by atoms with E-state index in [1.807, 2.05) is 62.4 Å². The van der Waals surface area contributed by atoms with E-state index in [1.165, 1.54) is 35.2 Å². The van der Waals surface area contributed by atoms with E-state index in [4.69, 9.17) is 0 Å². The monoisotopic (exact) mass is 692 g/mol. The number of nitro groups is 1. The van der Waals surface area contributed by atoms with Crippen LogP contribution in [0.3, 0.4) is 0 Å². The van der Waals surface area contributed by atoms with Crippen LogP contribution in [-0.4, -0.2) is 48.7 Å². The number of benzene rings is 4. The van der Waals surface area contributed by atoms with Crippen LogP contribution >= 0.6 is 15.9 Å². The molecule has 0 spiro atoms. The highest BCUT2D eigenvalue weighted by Crippen LogP contribution is 2.28. The Hall–Kier alpha value is -4.55. The first-order valence-electron chi connectivity index (χ1n) is 14.2. The van der Waals surface area contributed by atoms with Gasteiger partial charge in [-0.3, -0.25) is 24.0 Å². The van der Waals surface area contributed by atoms with Crippen LogP contribution in [0.2, 0.25) is 0 Å². The van der Waals surface area contributed by atoms with Crippen molar-refractivity contribution in [2.75, 3.05) is 10.8 Å². The summed E-state index contributed by atoms with van der Waals surface area (Å²) in [7, 11) is -4.37. The zero-order chi connectivity index (χ0) is 32.6. The van der Waals surface area contributed by atoms with Crippen molar-refractivity contribution in [1.29, 1.82) is 0 Å². The standard InChI is InChI=1S/C33H33BrN4O6S/c1-24(2)35-33(40)31(20-25-11-5-3-6-12-25)36(22-26-13-9-14-27(34)19-26)32(39)23-37(28-15-10-16-29(21-28)38(41)42)45(43,44)30-17-7-4-8-18-30/h3-19,21,24,31H,20,22-23H2,1-2H3,(H,35,40). The van der Waals surface area contributed by atoms with Crippen molar-refractivity contribution in [2.45, 2.75) is 43.8 Å². The zero-order valence-electron chi connectivity index (χ0n) is 24.7. The third-order valence-electron chi connectivity index (χ3n) is 6.88. The molecule has 45 heavy (non-hydrogen) atoms. The van der Waals surface area contributed by atoms with Crippen molar-refractivity contribution in [3.8, 4) is 0 Å². The minimum atomic E-state index is -4.37. The summed E-state index contributed by atoms with van der Waals surface area (Å²) in [5.74, 6) is -1.06. The van der Waals surface area contributed by atoms with Gasteiger partial charge in [0.2, 0.25) is 11.8 Å². The molecule has 4 rings (SSSR count). The van der Waals surface area contributed by atoms with Crippen LogP contribution in [0, 0.1) is 10.1 Å². The van der Waals surface area contributed by atoms with E-state index in [0.717, 1.165) is 20.4 Å². The Morgan fingerprint density at radius 2 is 1.49 bits per heavy atom. The Morgan fingerprint density at radius 1 is 0.867 bits per heavy atom. The summed E-state index contributed by atoms with van der Waals surface area (Å²) in [6.07, 6.45) is 0.168. The lowest BCUT2D eigenvalue weighted by Crippen LogP contribution is -2.54. The molecule has 0 aliphatic rings. The van der Waals surface area contributed by atoms with E-state index in [-0.39, 0.29) is 35.3 Å². The predicted octanol–water partition coefficient (Wildman–Crippen LogP) is 5.72. The molecule has 0 aliphatic heterocycles. The smallest absolute Gasteiger partial charge is 0.271 e. The molecule has 0 saturated carbocycles. The number of nitrogens with one attached hydrogen (secondary N) is 1. The summed E-state index contributed by atoms with van der Waals surface area (Å²) in [6.45, 7) is 2.91. The highest BCUT2D eigenvalue weighted by molar-refractivity contribution is 9.10. The summed E-state index contributed by atoms with van der Waals surface area (Å²) in [4.78, 5) is 40.4. The van der Waals surface area contributed by atoms with Crippen LogP contribution < -0.4 is 9.62 Å². The maximum atomic E-state index is 14.4. The Morgan fingerprint density at radius 3 is 2.11 bits per heavy atom. The molecule has 0 saturated heterocycles. The van der Waals surface area contributed by atoms with Gasteiger partial charge in [-0.1, -0.05) is 82.7 Å². The van der Waals surface area contributed by atoms with Crippen LogP contribution in [0.5, 0.6) is 0 Å². The predicted molar refractivity (Wildman–Crippen MR) is 176 cm³/mol. The third kappa shape index (κ3) is 8.77. The van der Waals surface area contributed by atoms with E-state index < -0.39 is 39.3 Å². The van der Waals surface area contributed by atoms with Gasteiger partial charge < -0.3 is 10.2 Å². The Kier molecular flexibility index (Phi) is 11.1. The first kappa shape index (κ1) is 33.3. The lowest BCUT2D eigenvalue weighted by Gasteiger charge is -2.34. The molecule has 0 aliphatic carbocycles. The second-order valence-corrected chi connectivity index (χ2v) is 13.4. The lowest BCUT2D eigenvalue weighted by molar-refractivity contribution is -0.384. The number of nitrogens with zero attached hydrogens (tertiary/aromatic N) is 3. The SMILES string of the molecule is CC(C)NC(=O)C(Cc1ccccc1)N(Cc1cccc(Br)c1)C(=O)CN(c1cccc([N+](=O)[O-])c1)S(=O)(=O)c1ccccc1. The molecule has 1 atom stereocenters. The minimum absolute atomic E-state index is 0.00451. The molecule has 1 N–H and O–H groups in total. The van der Waals surface area contributed by atoms with Gasteiger partial charge in [0.15, 0.2) is 0 Å². The highest BCUT2D eigenvalue weighted by Gasteiger charge is 2.35. The average Bonchev–Trinajstić information content (AvgIpc) is 3.02. The molecule has 4 aromatic rings. The van der Waals surface area contributed by atoms with Crippen molar-refractivity contribution in [3.05, 3.63) is 135 Å². The van der Waals surface area contributed by atoms with Gasteiger partial charge in [0.25, 0.3) is 15.7 Å². The number of amides is 2. The maximum absolute atomic E-state index is 14.4. The molecule has 10 nitrogen and oxygen atoms in total. The number of anilines is 1. The quantitative estimate of drug-likeness (QED) is 0.141. The molecule has 0 fully saturated rings. The van der Waals surface area contributed by atoms with Gasteiger partial charge in [0, 0.05) is 35.6 Å². The number of non-ortho nitro benzene ring substituents is 1. The normalized spacial score (nSPS) is 11.9. The zero-order valence-corrected chi connectivity index (χ0v) is 27.1. The van der Waals surface area contributed by atoms with Crippen molar-refractivity contribution in [1.82, 2.24) is 10.2 Å². The summed E-state index contributed by atoms with van der Waals surface area (Å²) in [6, 6.07) is 27.9. The van der Waals surface area contributed by atoms with Gasteiger partial charge in [0.05, 0.1) is 15.5 Å². The molecule has 0 aromatic heterocycles. The fourth-order valence-corrected chi connectivity index (χ4v) is 6.65. The Bertz CT molecular complexity index is 1750. The Balaban J connectivity index is 1.83. The van der Waals surface area contributed by atoms with E-state index in [9.17, 15) is 28.1 Å².